The van der Waals surface area contributed by atoms with Crippen LogP contribution in [0.5, 0.6) is 0 Å². The molecule has 0 bridgehead atoms. The fourth-order valence-electron chi connectivity index (χ4n) is 3.99. The maximum atomic E-state index is 5.18. The van der Waals surface area contributed by atoms with Gasteiger partial charge in [0.1, 0.15) is 5.82 Å². The van der Waals surface area contributed by atoms with Crippen LogP contribution in [0.1, 0.15) is 44.3 Å². The first kappa shape index (κ1) is 16.9. The summed E-state index contributed by atoms with van der Waals surface area (Å²) in [4.78, 5) is 9.88. The average Bonchev–Trinajstić information content (AvgIpc) is 2.84. The molecule has 0 amide bonds. The number of piperidine rings is 1. The van der Waals surface area contributed by atoms with Crippen molar-refractivity contribution in [3.8, 4) is 0 Å². The summed E-state index contributed by atoms with van der Waals surface area (Å²) < 4.78 is 7.41. The van der Waals surface area contributed by atoms with Gasteiger partial charge in [-0.15, -0.1) is 0 Å². The van der Waals surface area contributed by atoms with Gasteiger partial charge in [-0.05, 0) is 38.8 Å². The molecule has 0 saturated carbocycles. The van der Waals surface area contributed by atoms with Gasteiger partial charge in [0.05, 0.1) is 13.2 Å². The number of hydrogen-bond acceptors (Lipinski definition) is 4. The molecule has 1 aromatic rings. The van der Waals surface area contributed by atoms with E-state index >= 15 is 0 Å². The Hall–Kier alpha value is -0.910. The molecule has 2 saturated heterocycles. The number of imidazole rings is 1. The average molecular weight is 320 g/mol. The molecule has 5 nitrogen and oxygen atoms in total. The van der Waals surface area contributed by atoms with Crippen molar-refractivity contribution >= 4 is 0 Å². The summed E-state index contributed by atoms with van der Waals surface area (Å²) >= 11 is 0. The topological polar surface area (TPSA) is 33.5 Å². The second kappa shape index (κ2) is 8.81. The minimum absolute atomic E-state index is 0.750. The summed E-state index contributed by atoms with van der Waals surface area (Å²) in [5, 5.41) is 0. The van der Waals surface area contributed by atoms with Gasteiger partial charge in [0.2, 0.25) is 0 Å². The van der Waals surface area contributed by atoms with Gasteiger partial charge in [-0.1, -0.05) is 12.8 Å². The lowest BCUT2D eigenvalue weighted by Gasteiger charge is -2.38. The third kappa shape index (κ3) is 4.78. The highest BCUT2D eigenvalue weighted by Crippen LogP contribution is 2.21. The molecule has 2 fully saturated rings. The van der Waals surface area contributed by atoms with Crippen molar-refractivity contribution in [2.24, 2.45) is 0 Å². The number of aromatic nitrogens is 2. The Bertz CT molecular complexity index is 446. The smallest absolute Gasteiger partial charge is 0.122 e. The van der Waals surface area contributed by atoms with Gasteiger partial charge < -0.3 is 14.2 Å². The lowest BCUT2D eigenvalue weighted by molar-refractivity contribution is 0.104. The normalized spacial score (nSPS) is 22.3. The molecule has 0 atom stereocenters. The first-order chi connectivity index (χ1) is 11.4. The second-order valence-electron chi connectivity index (χ2n) is 6.99. The number of hydrogen-bond donors (Lipinski definition) is 0. The van der Waals surface area contributed by atoms with Crippen molar-refractivity contribution in [2.75, 3.05) is 39.9 Å². The first-order valence-corrected chi connectivity index (χ1v) is 9.32. The molecule has 2 aliphatic heterocycles. The lowest BCUT2D eigenvalue weighted by atomic mass is 10.0. The third-order valence-corrected chi connectivity index (χ3v) is 5.42. The van der Waals surface area contributed by atoms with E-state index in [1.807, 2.05) is 6.20 Å². The number of rotatable bonds is 6. The molecule has 0 N–H and O–H groups in total. The quantitative estimate of drug-likeness (QED) is 0.806. The first-order valence-electron chi connectivity index (χ1n) is 9.32. The van der Waals surface area contributed by atoms with Gasteiger partial charge in [0.25, 0.3) is 0 Å². The number of ether oxygens (including phenoxy) is 1. The maximum absolute atomic E-state index is 5.18. The molecule has 0 aliphatic carbocycles. The summed E-state index contributed by atoms with van der Waals surface area (Å²) in [7, 11) is 1.75. The minimum atomic E-state index is 0.750. The van der Waals surface area contributed by atoms with Crippen LogP contribution in [0.4, 0.5) is 0 Å². The Balaban J connectivity index is 1.46. The number of nitrogens with zero attached hydrogens (tertiary/aromatic N) is 4. The summed E-state index contributed by atoms with van der Waals surface area (Å²) in [5.41, 5.74) is 0. The molecule has 0 spiro atoms. The Morgan fingerprint density at radius 1 is 1.09 bits per heavy atom. The molecule has 1 aromatic heterocycles. The van der Waals surface area contributed by atoms with Gasteiger partial charge >= 0.3 is 0 Å². The van der Waals surface area contributed by atoms with E-state index in [9.17, 15) is 0 Å². The Labute approximate surface area is 140 Å². The van der Waals surface area contributed by atoms with Crippen LogP contribution < -0.4 is 0 Å². The van der Waals surface area contributed by atoms with Crippen LogP contribution in [0, 0.1) is 0 Å². The molecule has 0 unspecified atom stereocenters. The van der Waals surface area contributed by atoms with Crippen LogP contribution in [0.25, 0.3) is 0 Å². The largest absolute Gasteiger partial charge is 0.383 e. The van der Waals surface area contributed by atoms with E-state index < -0.39 is 0 Å². The molecule has 130 valence electrons. The van der Waals surface area contributed by atoms with E-state index in [-0.39, 0.29) is 0 Å². The fourth-order valence-corrected chi connectivity index (χ4v) is 3.99. The van der Waals surface area contributed by atoms with Crippen LogP contribution in [0.15, 0.2) is 12.4 Å². The molecular formula is C18H32N4O. The van der Waals surface area contributed by atoms with Crippen LogP contribution >= 0.6 is 0 Å². The Kier molecular flexibility index (Phi) is 6.48. The highest BCUT2D eigenvalue weighted by atomic mass is 16.5. The molecule has 0 radical (unpaired) electrons. The van der Waals surface area contributed by atoms with Gasteiger partial charge in [-0.25, -0.2) is 4.98 Å². The van der Waals surface area contributed by atoms with Crippen molar-refractivity contribution in [2.45, 2.75) is 57.7 Å². The Morgan fingerprint density at radius 3 is 2.52 bits per heavy atom. The highest BCUT2D eigenvalue weighted by molar-refractivity contribution is 4.93. The monoisotopic (exact) mass is 320 g/mol. The summed E-state index contributed by atoms with van der Waals surface area (Å²) in [6.07, 6.45) is 12.3. The van der Waals surface area contributed by atoms with E-state index in [1.165, 1.54) is 70.5 Å². The van der Waals surface area contributed by atoms with Crippen molar-refractivity contribution in [3.63, 3.8) is 0 Å². The van der Waals surface area contributed by atoms with Gasteiger partial charge in [-0.2, -0.15) is 0 Å². The zero-order chi connectivity index (χ0) is 15.9. The molecule has 23 heavy (non-hydrogen) atoms. The van der Waals surface area contributed by atoms with Gasteiger partial charge in [0, 0.05) is 45.2 Å². The van der Waals surface area contributed by atoms with E-state index in [0.29, 0.717) is 0 Å². The zero-order valence-electron chi connectivity index (χ0n) is 14.6. The second-order valence-corrected chi connectivity index (χ2v) is 6.99. The molecule has 2 aliphatic rings. The van der Waals surface area contributed by atoms with E-state index in [2.05, 4.69) is 25.5 Å². The predicted octanol–water partition coefficient (Wildman–Crippen LogP) is 2.37. The SMILES string of the molecule is COCCn1ccnc1CN1CCC(N2CCCCCC2)CC1. The summed E-state index contributed by atoms with van der Waals surface area (Å²) in [6.45, 7) is 7.69. The third-order valence-electron chi connectivity index (χ3n) is 5.42. The van der Waals surface area contributed by atoms with E-state index in [1.54, 1.807) is 7.11 Å². The van der Waals surface area contributed by atoms with Crippen LogP contribution in [0.2, 0.25) is 0 Å². The van der Waals surface area contributed by atoms with Gasteiger partial charge in [0.15, 0.2) is 0 Å². The zero-order valence-corrected chi connectivity index (χ0v) is 14.6. The van der Waals surface area contributed by atoms with Crippen LogP contribution in [-0.2, 0) is 17.8 Å². The Morgan fingerprint density at radius 2 is 1.83 bits per heavy atom. The summed E-state index contributed by atoms with van der Waals surface area (Å²) in [6, 6.07) is 0.817. The minimum Gasteiger partial charge on any atom is -0.383 e. The van der Waals surface area contributed by atoms with Crippen molar-refractivity contribution in [3.05, 3.63) is 18.2 Å². The fraction of sp³-hybridized carbons (Fsp3) is 0.833. The van der Waals surface area contributed by atoms with E-state index in [0.717, 1.165) is 25.7 Å². The maximum Gasteiger partial charge on any atom is 0.122 e. The molecule has 3 rings (SSSR count). The molecule has 3 heterocycles. The van der Waals surface area contributed by atoms with Crippen molar-refractivity contribution in [1.82, 2.24) is 19.4 Å². The van der Waals surface area contributed by atoms with Crippen molar-refractivity contribution < 1.29 is 4.74 Å². The number of likely N-dealkylation sites (tertiary alicyclic amines) is 2. The van der Waals surface area contributed by atoms with Gasteiger partial charge in [-0.3, -0.25) is 4.90 Å². The predicted molar refractivity (Wildman–Crippen MR) is 92.4 cm³/mol. The van der Waals surface area contributed by atoms with Crippen LogP contribution in [-0.4, -0.2) is 65.3 Å². The summed E-state index contributed by atoms with van der Waals surface area (Å²) in [5.74, 6) is 1.18. The lowest BCUT2D eigenvalue weighted by Crippen LogP contribution is -2.45. The molecular weight excluding hydrogens is 288 g/mol. The van der Waals surface area contributed by atoms with Crippen LogP contribution in [0.3, 0.4) is 0 Å². The molecule has 0 aromatic carbocycles. The number of methoxy groups -OCH3 is 1. The molecule has 5 heteroatoms. The van der Waals surface area contributed by atoms with Crippen molar-refractivity contribution in [1.29, 1.82) is 0 Å². The standard InChI is InChI=1S/C18H32N4O/c1-23-15-14-22-13-8-19-18(22)16-20-11-6-17(7-12-20)21-9-4-2-3-5-10-21/h8,13,17H,2-7,9-12,14-16H2,1H3. The highest BCUT2D eigenvalue weighted by Gasteiger charge is 2.25. The van der Waals surface area contributed by atoms with E-state index in [4.69, 9.17) is 4.74 Å².